The Bertz CT molecular complexity index is 713. The highest BCUT2D eigenvalue weighted by Gasteiger charge is 2.33. The molecular weight excluding hydrogens is 308 g/mol. The van der Waals surface area contributed by atoms with Crippen molar-refractivity contribution in [3.8, 4) is 11.3 Å². The number of aliphatic carboxylic acids is 1. The number of carbonyl (C=O) groups excluding carboxylic acids is 1. The normalized spacial score (nSPS) is 13.4. The maximum absolute atomic E-state index is 12.1. The van der Waals surface area contributed by atoms with E-state index in [9.17, 15) is 14.7 Å². The van der Waals surface area contributed by atoms with Gasteiger partial charge in [0.05, 0.1) is 5.02 Å². The van der Waals surface area contributed by atoms with E-state index < -0.39 is 17.4 Å². The molecule has 2 aromatic rings. The highest BCUT2D eigenvalue weighted by atomic mass is 35.5. The molecule has 116 valence electrons. The quantitative estimate of drug-likeness (QED) is 0.882. The maximum atomic E-state index is 12.1. The number of carboxylic acid groups (broad SMARTS) is 1. The van der Waals surface area contributed by atoms with E-state index in [1.807, 2.05) is 0 Å². The summed E-state index contributed by atoms with van der Waals surface area (Å²) < 4.78 is 5.12. The molecule has 0 fully saturated rings. The fraction of sp³-hybridized carbons (Fsp3) is 0.267. The van der Waals surface area contributed by atoms with Crippen molar-refractivity contribution >= 4 is 23.5 Å². The molecule has 2 rings (SSSR count). The smallest absolute Gasteiger partial charge is 0.329 e. The summed E-state index contributed by atoms with van der Waals surface area (Å²) in [4.78, 5) is 23.3. The van der Waals surface area contributed by atoms with Crippen LogP contribution in [0, 0.1) is 0 Å². The Labute approximate surface area is 132 Å². The largest absolute Gasteiger partial charge is 0.480 e. The fourth-order valence-corrected chi connectivity index (χ4v) is 2.01. The third-order valence-electron chi connectivity index (χ3n) is 3.45. The van der Waals surface area contributed by atoms with Crippen LogP contribution < -0.4 is 5.32 Å². The minimum atomic E-state index is -1.36. The highest BCUT2D eigenvalue weighted by Crippen LogP contribution is 2.28. The standard InChI is InChI=1S/C15H15ClN2O4/c1-3-15(2,14(20)21)17-13(19)11-8-12(22-18-11)9-6-4-5-7-10(9)16/h4-8H,3H2,1-2H3,(H,17,19)(H,20,21). The average molecular weight is 323 g/mol. The monoisotopic (exact) mass is 322 g/mol. The molecule has 1 atom stereocenters. The van der Waals surface area contributed by atoms with Crippen molar-refractivity contribution in [1.29, 1.82) is 0 Å². The molecule has 0 aliphatic rings. The van der Waals surface area contributed by atoms with Crippen LogP contribution in [0.1, 0.15) is 30.8 Å². The molecule has 0 bridgehead atoms. The SMILES string of the molecule is CCC(C)(NC(=O)c1cc(-c2ccccc2Cl)on1)C(=O)O. The number of benzene rings is 1. The first kappa shape index (κ1) is 16.0. The third-order valence-corrected chi connectivity index (χ3v) is 3.78. The summed E-state index contributed by atoms with van der Waals surface area (Å²) in [6, 6.07) is 8.40. The minimum Gasteiger partial charge on any atom is -0.480 e. The molecule has 2 N–H and O–H groups in total. The highest BCUT2D eigenvalue weighted by molar-refractivity contribution is 6.33. The van der Waals surface area contributed by atoms with Gasteiger partial charge in [-0.25, -0.2) is 4.79 Å². The second-order valence-corrected chi connectivity index (χ2v) is 5.41. The van der Waals surface area contributed by atoms with Crippen molar-refractivity contribution in [3.63, 3.8) is 0 Å². The van der Waals surface area contributed by atoms with Gasteiger partial charge in [-0.1, -0.05) is 35.8 Å². The minimum absolute atomic E-state index is 0.00385. The number of halogens is 1. The Hall–Kier alpha value is -2.34. The van der Waals surface area contributed by atoms with Crippen LogP contribution >= 0.6 is 11.6 Å². The predicted molar refractivity (Wildman–Crippen MR) is 80.7 cm³/mol. The molecule has 0 aliphatic heterocycles. The van der Waals surface area contributed by atoms with Crippen molar-refractivity contribution in [2.75, 3.05) is 0 Å². The van der Waals surface area contributed by atoms with E-state index in [0.717, 1.165) is 0 Å². The number of aromatic nitrogens is 1. The lowest BCUT2D eigenvalue weighted by Crippen LogP contribution is -2.51. The van der Waals surface area contributed by atoms with Crippen LogP contribution in [0.15, 0.2) is 34.9 Å². The van der Waals surface area contributed by atoms with Crippen LogP contribution in [-0.2, 0) is 4.79 Å². The van der Waals surface area contributed by atoms with Crippen LogP contribution in [-0.4, -0.2) is 27.7 Å². The van der Waals surface area contributed by atoms with Gasteiger partial charge in [-0.05, 0) is 25.5 Å². The molecule has 1 heterocycles. The van der Waals surface area contributed by atoms with Crippen LogP contribution in [0.3, 0.4) is 0 Å². The van der Waals surface area contributed by atoms with Gasteiger partial charge in [0.1, 0.15) is 5.54 Å². The van der Waals surface area contributed by atoms with Gasteiger partial charge in [0.15, 0.2) is 11.5 Å². The Balaban J connectivity index is 2.23. The molecule has 22 heavy (non-hydrogen) atoms. The van der Waals surface area contributed by atoms with E-state index in [2.05, 4.69) is 10.5 Å². The number of nitrogens with one attached hydrogen (secondary N) is 1. The summed E-state index contributed by atoms with van der Waals surface area (Å²) in [5.74, 6) is -1.39. The third kappa shape index (κ3) is 3.12. The number of hydrogen-bond donors (Lipinski definition) is 2. The van der Waals surface area contributed by atoms with E-state index in [4.69, 9.17) is 16.1 Å². The number of rotatable bonds is 5. The molecule has 0 saturated heterocycles. The van der Waals surface area contributed by atoms with Crippen LogP contribution in [0.2, 0.25) is 5.02 Å². The predicted octanol–water partition coefficient (Wildman–Crippen LogP) is 2.98. The van der Waals surface area contributed by atoms with Crippen LogP contribution in [0.5, 0.6) is 0 Å². The summed E-state index contributed by atoms with van der Waals surface area (Å²) >= 11 is 6.05. The van der Waals surface area contributed by atoms with E-state index in [-0.39, 0.29) is 12.1 Å². The Morgan fingerprint density at radius 1 is 1.41 bits per heavy atom. The Morgan fingerprint density at radius 2 is 2.09 bits per heavy atom. The molecule has 1 unspecified atom stereocenters. The van der Waals surface area contributed by atoms with Crippen molar-refractivity contribution in [2.45, 2.75) is 25.8 Å². The van der Waals surface area contributed by atoms with E-state index in [1.165, 1.54) is 13.0 Å². The van der Waals surface area contributed by atoms with Crippen molar-refractivity contribution < 1.29 is 19.2 Å². The lowest BCUT2D eigenvalue weighted by atomic mass is 9.99. The number of nitrogens with zero attached hydrogens (tertiary/aromatic N) is 1. The molecule has 0 aliphatic carbocycles. The lowest BCUT2D eigenvalue weighted by molar-refractivity contribution is -0.143. The molecular formula is C15H15ClN2O4. The molecule has 0 radical (unpaired) electrons. The van der Waals surface area contributed by atoms with Gasteiger partial charge in [0.25, 0.3) is 5.91 Å². The molecule has 0 saturated carbocycles. The lowest BCUT2D eigenvalue weighted by Gasteiger charge is -2.23. The van der Waals surface area contributed by atoms with Crippen molar-refractivity contribution in [2.24, 2.45) is 0 Å². The van der Waals surface area contributed by atoms with Gasteiger partial charge in [-0.15, -0.1) is 0 Å². The molecule has 0 spiro atoms. The second-order valence-electron chi connectivity index (χ2n) is 5.00. The summed E-state index contributed by atoms with van der Waals surface area (Å²) in [6.45, 7) is 3.11. The van der Waals surface area contributed by atoms with Gasteiger partial charge in [0.2, 0.25) is 0 Å². The van der Waals surface area contributed by atoms with Crippen LogP contribution in [0.25, 0.3) is 11.3 Å². The molecule has 7 heteroatoms. The zero-order valence-corrected chi connectivity index (χ0v) is 12.8. The molecule has 1 amide bonds. The second kappa shape index (κ2) is 6.19. The van der Waals surface area contributed by atoms with Gasteiger partial charge in [-0.3, -0.25) is 4.79 Å². The Morgan fingerprint density at radius 3 is 2.68 bits per heavy atom. The van der Waals surface area contributed by atoms with E-state index in [1.54, 1.807) is 31.2 Å². The van der Waals surface area contributed by atoms with Gasteiger partial charge in [0, 0.05) is 11.6 Å². The van der Waals surface area contributed by atoms with Crippen LogP contribution in [0.4, 0.5) is 0 Å². The average Bonchev–Trinajstić information content (AvgIpc) is 2.97. The zero-order valence-electron chi connectivity index (χ0n) is 12.1. The number of amides is 1. The maximum Gasteiger partial charge on any atom is 0.329 e. The number of carbonyl (C=O) groups is 2. The molecule has 6 nitrogen and oxygen atoms in total. The molecule has 1 aromatic carbocycles. The van der Waals surface area contributed by atoms with Crippen molar-refractivity contribution in [3.05, 3.63) is 41.0 Å². The number of hydrogen-bond acceptors (Lipinski definition) is 4. The Kier molecular flexibility index (Phi) is 4.51. The summed E-state index contributed by atoms with van der Waals surface area (Å²) in [5, 5.41) is 15.8. The summed E-state index contributed by atoms with van der Waals surface area (Å²) in [5.41, 5.74) is -0.760. The first-order valence-corrected chi connectivity index (χ1v) is 7.02. The molecule has 1 aromatic heterocycles. The van der Waals surface area contributed by atoms with Gasteiger partial charge < -0.3 is 14.9 Å². The van der Waals surface area contributed by atoms with Crippen molar-refractivity contribution in [1.82, 2.24) is 10.5 Å². The van der Waals surface area contributed by atoms with Gasteiger partial charge in [-0.2, -0.15) is 0 Å². The first-order valence-electron chi connectivity index (χ1n) is 6.65. The summed E-state index contributed by atoms with van der Waals surface area (Å²) in [7, 11) is 0. The van der Waals surface area contributed by atoms with E-state index in [0.29, 0.717) is 16.3 Å². The topological polar surface area (TPSA) is 92.4 Å². The van der Waals surface area contributed by atoms with E-state index >= 15 is 0 Å². The first-order chi connectivity index (χ1) is 10.4. The summed E-state index contributed by atoms with van der Waals surface area (Å²) in [6.07, 6.45) is 0.239. The fourth-order valence-electron chi connectivity index (χ4n) is 1.78. The number of carboxylic acids is 1. The zero-order chi connectivity index (χ0) is 16.3. The van der Waals surface area contributed by atoms with Gasteiger partial charge >= 0.3 is 5.97 Å².